The van der Waals surface area contributed by atoms with Crippen molar-refractivity contribution in [3.05, 3.63) is 12.2 Å². The number of carbonyl (C=O) groups is 2. The van der Waals surface area contributed by atoms with Crippen LogP contribution < -0.4 is 0 Å². The molecule has 0 aliphatic heterocycles. The van der Waals surface area contributed by atoms with Gasteiger partial charge in [0.05, 0.1) is 11.5 Å². The maximum absolute atomic E-state index is 13.5. The molecule has 5 rings (SSSR count). The normalized spacial score (nSPS) is 53.4. The highest BCUT2D eigenvalue weighted by molar-refractivity contribution is 5.83. The third kappa shape index (κ3) is 2.97. The number of Topliss-reactive ketones (excluding diaryl/α,β-unsaturated/α-hetero) is 1. The van der Waals surface area contributed by atoms with Crippen LogP contribution in [-0.2, 0) is 9.59 Å². The van der Waals surface area contributed by atoms with Gasteiger partial charge in [0, 0.05) is 5.92 Å². The molecule has 0 spiro atoms. The number of carboxylic acid groups (broad SMARTS) is 1. The minimum Gasteiger partial charge on any atom is -0.481 e. The first-order valence-corrected chi connectivity index (χ1v) is 14.7. The number of carboxylic acids is 1. The van der Waals surface area contributed by atoms with Crippen molar-refractivity contribution in [2.75, 3.05) is 0 Å². The molecule has 0 aromatic heterocycles. The largest absolute Gasteiger partial charge is 0.481 e. The maximum Gasteiger partial charge on any atom is 0.309 e. The fraction of sp³-hybridized carbons (Fsp3) is 0.875. The number of aliphatic carboxylic acids is 1. The fourth-order valence-electron chi connectivity index (χ4n) is 12.2. The van der Waals surface area contributed by atoms with E-state index in [9.17, 15) is 19.8 Å². The first-order valence-electron chi connectivity index (χ1n) is 14.7. The van der Waals surface area contributed by atoms with Gasteiger partial charge in [-0.1, -0.05) is 46.8 Å². The van der Waals surface area contributed by atoms with Crippen LogP contribution >= 0.6 is 0 Å². The minimum absolute atomic E-state index is 0.0250. The van der Waals surface area contributed by atoms with E-state index in [0.29, 0.717) is 24.7 Å². The molecule has 36 heavy (non-hydrogen) atoms. The second-order valence-electron chi connectivity index (χ2n) is 15.3. The summed E-state index contributed by atoms with van der Waals surface area (Å²) in [5.41, 5.74) is 0.104. The van der Waals surface area contributed by atoms with Gasteiger partial charge in [0.15, 0.2) is 0 Å². The third-order valence-electron chi connectivity index (χ3n) is 14.0. The van der Waals surface area contributed by atoms with Crippen LogP contribution in [0.5, 0.6) is 0 Å². The lowest BCUT2D eigenvalue weighted by molar-refractivity contribution is -0.261. The van der Waals surface area contributed by atoms with Crippen LogP contribution in [0.4, 0.5) is 0 Å². The number of carbonyl (C=O) groups excluding carboxylic acids is 1. The zero-order chi connectivity index (χ0) is 26.6. The number of fused-ring (bicyclic) bond motifs is 7. The predicted octanol–water partition coefficient (Wildman–Crippen LogP) is 6.90. The summed E-state index contributed by atoms with van der Waals surface area (Å²) in [6.45, 7) is 20.1. The molecule has 4 nitrogen and oxygen atoms in total. The molecule has 0 bridgehead atoms. The zero-order valence-electron chi connectivity index (χ0n) is 23.8. The molecule has 5 saturated carbocycles. The summed E-state index contributed by atoms with van der Waals surface area (Å²) in [6, 6.07) is 0. The smallest absolute Gasteiger partial charge is 0.309 e. The van der Waals surface area contributed by atoms with Crippen molar-refractivity contribution in [1.29, 1.82) is 0 Å². The van der Waals surface area contributed by atoms with E-state index in [1.165, 1.54) is 0 Å². The van der Waals surface area contributed by atoms with Crippen LogP contribution in [0.2, 0.25) is 0 Å². The highest BCUT2D eigenvalue weighted by Gasteiger charge is 2.74. The van der Waals surface area contributed by atoms with E-state index in [1.54, 1.807) is 6.92 Å². The van der Waals surface area contributed by atoms with Gasteiger partial charge in [-0.3, -0.25) is 9.59 Å². The van der Waals surface area contributed by atoms with Gasteiger partial charge < -0.3 is 10.2 Å². The van der Waals surface area contributed by atoms with E-state index in [2.05, 4.69) is 48.1 Å². The van der Waals surface area contributed by atoms with E-state index in [1.807, 2.05) is 0 Å². The van der Waals surface area contributed by atoms with Crippen molar-refractivity contribution in [1.82, 2.24) is 0 Å². The molecule has 4 heteroatoms. The fourth-order valence-corrected chi connectivity index (χ4v) is 12.2. The molecule has 5 aliphatic rings. The Morgan fingerprint density at radius 3 is 2.11 bits per heavy atom. The summed E-state index contributed by atoms with van der Waals surface area (Å²) < 4.78 is 0. The monoisotopic (exact) mass is 498 g/mol. The van der Waals surface area contributed by atoms with Gasteiger partial charge in [0.1, 0.15) is 5.78 Å². The zero-order valence-corrected chi connectivity index (χ0v) is 23.8. The third-order valence-corrected chi connectivity index (χ3v) is 14.0. The number of aliphatic hydroxyl groups excluding tert-OH is 1. The molecule has 5 fully saturated rings. The molecule has 0 amide bonds. The SMILES string of the molecule is C=C(C)[C@@H]1CC[C@]2(C(=O)O)C[C@@H](C(C)=O)[C@]3(C)[C@H](CC[C@@H]4[C@@]5(C)CC[C@H](O)C(C)(C)[C@@H]5CC[C@]43C)[C@@H]12. The van der Waals surface area contributed by atoms with E-state index >= 15 is 0 Å². The number of rotatable bonds is 3. The van der Waals surface area contributed by atoms with Crippen molar-refractivity contribution in [3.8, 4) is 0 Å². The Hall–Kier alpha value is -1.16. The lowest BCUT2D eigenvalue weighted by Crippen LogP contribution is -2.70. The predicted molar refractivity (Wildman–Crippen MR) is 142 cm³/mol. The van der Waals surface area contributed by atoms with E-state index in [0.717, 1.165) is 50.5 Å². The van der Waals surface area contributed by atoms with Crippen molar-refractivity contribution in [3.63, 3.8) is 0 Å². The molecule has 202 valence electrons. The van der Waals surface area contributed by atoms with Crippen molar-refractivity contribution >= 4 is 11.8 Å². The molecular weight excluding hydrogens is 448 g/mol. The highest BCUT2D eigenvalue weighted by Crippen LogP contribution is 2.78. The molecule has 5 aliphatic carbocycles. The molecule has 0 radical (unpaired) electrons. The minimum atomic E-state index is -0.800. The summed E-state index contributed by atoms with van der Waals surface area (Å²) in [4.78, 5) is 26.5. The first kappa shape index (κ1) is 26.4. The molecule has 0 aromatic rings. The van der Waals surface area contributed by atoms with E-state index < -0.39 is 11.4 Å². The standard InChI is InChI=1S/C32H50O4/c1-18(2)20-11-16-32(27(35)36)17-22(19(3)33)31(8)21(26(20)32)9-10-24-29(6)14-13-25(34)28(4,5)23(29)12-15-30(24,31)7/h20-26,34H,1,9-17H2,2-8H3,(H,35,36)/t20-,21+,22-,23-,24+,25-,26+,29-,30+,31-,32-/m0/s1. The van der Waals surface area contributed by atoms with Gasteiger partial charge in [-0.25, -0.2) is 0 Å². The van der Waals surface area contributed by atoms with Gasteiger partial charge in [0.2, 0.25) is 0 Å². The van der Waals surface area contributed by atoms with Crippen LogP contribution in [0.25, 0.3) is 0 Å². The topological polar surface area (TPSA) is 74.6 Å². The summed E-state index contributed by atoms with van der Waals surface area (Å²) in [6.07, 6.45) is 7.96. The molecule has 0 unspecified atom stereocenters. The van der Waals surface area contributed by atoms with Gasteiger partial charge in [0.25, 0.3) is 0 Å². The maximum atomic E-state index is 13.5. The van der Waals surface area contributed by atoms with Crippen molar-refractivity contribution in [2.45, 2.75) is 112 Å². The van der Waals surface area contributed by atoms with Gasteiger partial charge >= 0.3 is 5.97 Å². The molecule has 0 heterocycles. The van der Waals surface area contributed by atoms with E-state index in [4.69, 9.17) is 0 Å². The van der Waals surface area contributed by atoms with Crippen molar-refractivity contribution in [2.24, 2.45) is 62.6 Å². The summed E-state index contributed by atoms with van der Waals surface area (Å²) in [5.74, 6) is 0.775. The molecule has 11 atom stereocenters. The Kier molecular flexibility index (Phi) is 5.83. The number of aliphatic hydroxyl groups is 1. The Balaban J connectivity index is 1.66. The number of allylic oxidation sites excluding steroid dienone is 1. The molecule has 2 N–H and O–H groups in total. The average molecular weight is 499 g/mol. The molecular formula is C32H50O4. The Labute approximate surface area is 218 Å². The second kappa shape index (κ2) is 7.93. The van der Waals surface area contributed by atoms with Gasteiger partial charge in [-0.2, -0.15) is 0 Å². The summed E-state index contributed by atoms with van der Waals surface area (Å²) in [5, 5.41) is 21.6. The van der Waals surface area contributed by atoms with Crippen LogP contribution in [0.15, 0.2) is 12.2 Å². The average Bonchev–Trinajstić information content (AvgIpc) is 3.17. The Bertz CT molecular complexity index is 983. The van der Waals surface area contributed by atoms with Gasteiger partial charge in [-0.05, 0) is 123 Å². The summed E-state index contributed by atoms with van der Waals surface area (Å²) in [7, 11) is 0. The number of hydrogen-bond donors (Lipinski definition) is 2. The Morgan fingerprint density at radius 1 is 0.861 bits per heavy atom. The number of ketones is 1. The lowest BCUT2D eigenvalue weighted by Gasteiger charge is -2.74. The van der Waals surface area contributed by atoms with Crippen molar-refractivity contribution < 1.29 is 19.8 Å². The van der Waals surface area contributed by atoms with Crippen LogP contribution in [0.1, 0.15) is 106 Å². The quantitative estimate of drug-likeness (QED) is 0.415. The van der Waals surface area contributed by atoms with E-state index in [-0.39, 0.29) is 57.2 Å². The van der Waals surface area contributed by atoms with Crippen LogP contribution in [-0.4, -0.2) is 28.1 Å². The van der Waals surface area contributed by atoms with Gasteiger partial charge in [-0.15, -0.1) is 0 Å². The lowest BCUT2D eigenvalue weighted by atomic mass is 9.30. The Morgan fingerprint density at radius 2 is 1.53 bits per heavy atom. The second-order valence-corrected chi connectivity index (χ2v) is 15.3. The summed E-state index contributed by atoms with van der Waals surface area (Å²) >= 11 is 0. The highest BCUT2D eigenvalue weighted by atomic mass is 16.4. The molecule has 0 saturated heterocycles. The molecule has 0 aromatic carbocycles. The first-order chi connectivity index (χ1) is 16.6. The van der Waals surface area contributed by atoms with Crippen LogP contribution in [0.3, 0.4) is 0 Å². The van der Waals surface area contributed by atoms with Crippen LogP contribution in [0, 0.1) is 62.6 Å². The number of hydrogen-bond acceptors (Lipinski definition) is 3.